The van der Waals surface area contributed by atoms with Crippen LogP contribution in [0.15, 0.2) is 18.2 Å². The van der Waals surface area contributed by atoms with Crippen molar-refractivity contribution in [1.82, 2.24) is 10.2 Å². The minimum atomic E-state index is -0.753. The number of aryl methyl sites for hydroxylation is 1. The number of benzene rings is 1. The van der Waals surface area contributed by atoms with Gasteiger partial charge in [-0.25, -0.2) is 4.39 Å². The van der Waals surface area contributed by atoms with Gasteiger partial charge in [0, 0.05) is 24.6 Å². The second-order valence-corrected chi connectivity index (χ2v) is 7.27. The van der Waals surface area contributed by atoms with E-state index in [1.807, 2.05) is 4.90 Å². The monoisotopic (exact) mass is 394 g/mol. The maximum absolute atomic E-state index is 13.4. The summed E-state index contributed by atoms with van der Waals surface area (Å²) in [6, 6.07) is 3.58. The number of carbonyl (C=O) groups is 3. The van der Waals surface area contributed by atoms with Gasteiger partial charge in [-0.1, -0.05) is 6.07 Å². The summed E-state index contributed by atoms with van der Waals surface area (Å²) in [5.41, 5.74) is 0.935. The van der Waals surface area contributed by atoms with Crippen LogP contribution in [0.5, 0.6) is 0 Å². The fraction of sp³-hybridized carbons (Fsp3) is 0.550. The van der Waals surface area contributed by atoms with E-state index >= 15 is 0 Å². The van der Waals surface area contributed by atoms with Crippen molar-refractivity contribution in [2.24, 2.45) is 5.92 Å². The summed E-state index contributed by atoms with van der Waals surface area (Å²) in [5, 5.41) is 19.9. The molecule has 0 unspecified atom stereocenters. The first-order valence-electron chi connectivity index (χ1n) is 9.49. The van der Waals surface area contributed by atoms with Crippen molar-refractivity contribution in [3.8, 4) is 0 Å². The molecule has 7 nitrogen and oxygen atoms in total. The first-order chi connectivity index (χ1) is 13.4. The molecule has 28 heavy (non-hydrogen) atoms. The van der Waals surface area contributed by atoms with Crippen molar-refractivity contribution in [1.29, 1.82) is 0 Å². The number of carboxylic acid groups (broad SMARTS) is 1. The summed E-state index contributed by atoms with van der Waals surface area (Å²) in [4.78, 5) is 35.2. The third-order valence-electron chi connectivity index (χ3n) is 5.31. The lowest BCUT2D eigenvalue weighted by molar-refractivity contribution is -0.136. The van der Waals surface area contributed by atoms with E-state index in [1.165, 1.54) is 12.1 Å². The fourth-order valence-corrected chi connectivity index (χ4v) is 3.83. The molecule has 1 aromatic carbocycles. The number of hydrogen-bond acceptors (Lipinski definition) is 4. The molecule has 2 fully saturated rings. The van der Waals surface area contributed by atoms with E-state index in [9.17, 15) is 19.1 Å². The number of nitrogens with one attached hydrogen (secondary N) is 1. The number of aliphatic hydroxyl groups is 1. The predicted molar refractivity (Wildman–Crippen MR) is 100 cm³/mol. The van der Waals surface area contributed by atoms with E-state index in [-0.39, 0.29) is 23.9 Å². The standard InChI is InChI=1S/C19H25FN2O3.CH2O2/c1-12-5-6-14(20)11-15(12)18(24)21-16-9-13(10-17(16)23)19(25)22-7-3-2-4-8-22;2-1-3/h5-6,11,13,16-17,23H,2-4,7-10H2,1H3,(H,21,24);1H,(H,2,3)/t13-,16+,17+;/m0./s1. The van der Waals surface area contributed by atoms with Gasteiger partial charge in [0.25, 0.3) is 12.4 Å². The molecule has 1 aliphatic heterocycles. The third-order valence-corrected chi connectivity index (χ3v) is 5.31. The van der Waals surface area contributed by atoms with Gasteiger partial charge in [-0.3, -0.25) is 14.4 Å². The highest BCUT2D eigenvalue weighted by molar-refractivity contribution is 5.96. The van der Waals surface area contributed by atoms with Crippen LogP contribution in [0.25, 0.3) is 0 Å². The minimum Gasteiger partial charge on any atom is -0.483 e. The summed E-state index contributed by atoms with van der Waals surface area (Å²) >= 11 is 0. The van der Waals surface area contributed by atoms with Crippen LogP contribution in [0.3, 0.4) is 0 Å². The number of halogens is 1. The third kappa shape index (κ3) is 5.51. The van der Waals surface area contributed by atoms with Crippen molar-refractivity contribution >= 4 is 18.3 Å². The van der Waals surface area contributed by atoms with Gasteiger partial charge in [-0.05, 0) is 56.7 Å². The van der Waals surface area contributed by atoms with Crippen LogP contribution in [-0.2, 0) is 9.59 Å². The summed E-state index contributed by atoms with van der Waals surface area (Å²) in [6.07, 6.45) is 3.25. The molecule has 1 saturated heterocycles. The quantitative estimate of drug-likeness (QED) is 0.677. The van der Waals surface area contributed by atoms with Crippen LogP contribution in [0.2, 0.25) is 0 Å². The van der Waals surface area contributed by atoms with E-state index in [2.05, 4.69) is 5.32 Å². The van der Waals surface area contributed by atoms with Gasteiger partial charge < -0.3 is 20.4 Å². The number of amides is 2. The Morgan fingerprint density at radius 2 is 1.86 bits per heavy atom. The first kappa shape index (κ1) is 21.8. The van der Waals surface area contributed by atoms with Gasteiger partial charge in [-0.2, -0.15) is 0 Å². The van der Waals surface area contributed by atoms with Crippen LogP contribution in [0, 0.1) is 18.7 Å². The SMILES string of the molecule is Cc1ccc(F)cc1C(=O)N[C@@H]1C[C@H](C(=O)N2CCCCC2)C[C@H]1O.O=CO. The largest absolute Gasteiger partial charge is 0.483 e. The molecule has 3 rings (SSSR count). The lowest BCUT2D eigenvalue weighted by Crippen LogP contribution is -2.41. The molecule has 2 amide bonds. The van der Waals surface area contributed by atoms with Crippen molar-refractivity contribution in [2.75, 3.05) is 13.1 Å². The molecule has 1 saturated carbocycles. The van der Waals surface area contributed by atoms with Crippen molar-refractivity contribution in [2.45, 2.75) is 51.2 Å². The summed E-state index contributed by atoms with van der Waals surface area (Å²) in [6.45, 7) is 3.05. The number of hydrogen-bond donors (Lipinski definition) is 3. The molecule has 0 spiro atoms. The normalized spacial score (nSPS) is 24.1. The number of piperidine rings is 1. The molecule has 2 aliphatic rings. The van der Waals surface area contributed by atoms with E-state index < -0.39 is 23.9 Å². The van der Waals surface area contributed by atoms with E-state index in [0.717, 1.165) is 32.4 Å². The minimum absolute atomic E-state index is 0.0810. The molecule has 1 heterocycles. The smallest absolute Gasteiger partial charge is 0.290 e. The maximum atomic E-state index is 13.4. The van der Waals surface area contributed by atoms with Gasteiger partial charge in [0.2, 0.25) is 5.91 Å². The van der Waals surface area contributed by atoms with Crippen LogP contribution in [-0.4, -0.2) is 58.6 Å². The summed E-state index contributed by atoms with van der Waals surface area (Å²) < 4.78 is 13.4. The molecule has 0 aromatic heterocycles. The van der Waals surface area contributed by atoms with E-state index in [4.69, 9.17) is 9.90 Å². The van der Waals surface area contributed by atoms with Crippen LogP contribution < -0.4 is 5.32 Å². The molecule has 0 bridgehead atoms. The molecule has 1 aliphatic carbocycles. The Balaban J connectivity index is 0.000000878. The number of likely N-dealkylation sites (tertiary alicyclic amines) is 1. The zero-order valence-electron chi connectivity index (χ0n) is 15.9. The summed E-state index contributed by atoms with van der Waals surface area (Å²) in [5.74, 6) is -1.06. The van der Waals surface area contributed by atoms with Crippen molar-refractivity contribution < 1.29 is 29.0 Å². The Bertz CT molecular complexity index is 706. The fourth-order valence-electron chi connectivity index (χ4n) is 3.83. The number of aliphatic hydroxyl groups excluding tert-OH is 1. The van der Waals surface area contributed by atoms with Crippen molar-refractivity contribution in [3.63, 3.8) is 0 Å². The molecule has 3 N–H and O–H groups in total. The highest BCUT2D eigenvalue weighted by atomic mass is 19.1. The lowest BCUT2D eigenvalue weighted by Gasteiger charge is -2.29. The highest BCUT2D eigenvalue weighted by Crippen LogP contribution is 2.29. The Morgan fingerprint density at radius 3 is 2.50 bits per heavy atom. The number of carbonyl (C=O) groups excluding carboxylic acids is 2. The topological polar surface area (TPSA) is 107 Å². The van der Waals surface area contributed by atoms with Gasteiger partial charge >= 0.3 is 0 Å². The Kier molecular flexibility index (Phi) is 7.92. The van der Waals surface area contributed by atoms with Gasteiger partial charge in [0.15, 0.2) is 0 Å². The van der Waals surface area contributed by atoms with E-state index in [0.29, 0.717) is 18.4 Å². The lowest BCUT2D eigenvalue weighted by atomic mass is 10.0. The molecule has 3 atom stereocenters. The van der Waals surface area contributed by atoms with E-state index in [1.54, 1.807) is 13.0 Å². The molecule has 1 aromatic rings. The van der Waals surface area contributed by atoms with Gasteiger partial charge in [0.05, 0.1) is 12.1 Å². The highest BCUT2D eigenvalue weighted by Gasteiger charge is 2.39. The average molecular weight is 394 g/mol. The Labute approximate surface area is 163 Å². The molecule has 154 valence electrons. The summed E-state index contributed by atoms with van der Waals surface area (Å²) in [7, 11) is 0. The first-order valence-corrected chi connectivity index (χ1v) is 9.49. The van der Waals surface area contributed by atoms with Crippen LogP contribution in [0.4, 0.5) is 4.39 Å². The number of rotatable bonds is 3. The molecular weight excluding hydrogens is 367 g/mol. The van der Waals surface area contributed by atoms with Crippen LogP contribution in [0.1, 0.15) is 48.0 Å². The average Bonchev–Trinajstić information content (AvgIpc) is 3.04. The van der Waals surface area contributed by atoms with Crippen molar-refractivity contribution in [3.05, 3.63) is 35.1 Å². The van der Waals surface area contributed by atoms with Crippen LogP contribution >= 0.6 is 0 Å². The van der Waals surface area contributed by atoms with Gasteiger partial charge in [0.1, 0.15) is 5.82 Å². The maximum Gasteiger partial charge on any atom is 0.290 e. The second-order valence-electron chi connectivity index (χ2n) is 7.27. The van der Waals surface area contributed by atoms with Gasteiger partial charge in [-0.15, -0.1) is 0 Å². The molecule has 0 radical (unpaired) electrons. The predicted octanol–water partition coefficient (Wildman–Crippen LogP) is 1.72. The molecular formula is C20H27FN2O5. The Morgan fingerprint density at radius 1 is 1.21 bits per heavy atom. The number of nitrogens with zero attached hydrogens (tertiary/aromatic N) is 1. The zero-order valence-corrected chi connectivity index (χ0v) is 15.9. The second kappa shape index (κ2) is 10.2. The Hall–Kier alpha value is -2.48. The molecule has 8 heteroatoms. The zero-order chi connectivity index (χ0) is 20.7.